The summed E-state index contributed by atoms with van der Waals surface area (Å²) in [6.07, 6.45) is -1.22. The standard InChI is InChI=1S/C24H36N4O8/c1-7-24(5)19(21(34)26-11-15(30)31)28-22(35)18(23(2,3)4)27-20(33)16(25-6)17(32)12-8-9-13(29)14(10-12)36-24/h8-10,16-19,25,29,32H,7,11H2,1-6H3,(H,26,34)(H,27,33)(H,28,35)(H,30,31)/t16-,17-,18-,19+,24-/m1/s1. The molecule has 0 fully saturated rings. The van der Waals surface area contributed by atoms with Gasteiger partial charge < -0.3 is 41.3 Å². The fraction of sp³-hybridized carbons (Fsp3) is 0.583. The molecule has 0 radical (unpaired) electrons. The molecule has 2 bridgehead atoms. The highest BCUT2D eigenvalue weighted by Crippen LogP contribution is 2.35. The van der Waals surface area contributed by atoms with Crippen molar-refractivity contribution < 1.29 is 39.2 Å². The van der Waals surface area contributed by atoms with Gasteiger partial charge in [0.15, 0.2) is 11.5 Å². The summed E-state index contributed by atoms with van der Waals surface area (Å²) in [6, 6.07) is 0.345. The molecule has 1 aliphatic heterocycles. The predicted octanol–water partition coefficient (Wildman–Crippen LogP) is -0.209. The molecule has 1 aromatic rings. The number of aliphatic hydroxyl groups is 1. The largest absolute Gasteiger partial charge is 0.504 e. The van der Waals surface area contributed by atoms with Gasteiger partial charge in [-0.3, -0.25) is 19.2 Å². The number of aliphatic hydroxyl groups excluding tert-OH is 1. The Morgan fingerprint density at radius 2 is 1.81 bits per heavy atom. The summed E-state index contributed by atoms with van der Waals surface area (Å²) in [6.45, 7) is 7.68. The number of phenols is 1. The fourth-order valence-electron chi connectivity index (χ4n) is 3.90. The number of rotatable bonds is 5. The molecule has 1 heterocycles. The molecule has 2 rings (SSSR count). The number of hydrogen-bond acceptors (Lipinski definition) is 8. The molecule has 12 heteroatoms. The second-order valence-corrected chi connectivity index (χ2v) is 10.1. The molecule has 1 aromatic carbocycles. The van der Waals surface area contributed by atoms with Gasteiger partial charge in [0, 0.05) is 0 Å². The Morgan fingerprint density at radius 3 is 2.33 bits per heavy atom. The van der Waals surface area contributed by atoms with Crippen molar-refractivity contribution in [1.29, 1.82) is 0 Å². The smallest absolute Gasteiger partial charge is 0.322 e. The molecule has 0 saturated heterocycles. The number of benzene rings is 1. The molecule has 36 heavy (non-hydrogen) atoms. The maximum Gasteiger partial charge on any atom is 0.322 e. The molecule has 0 aliphatic carbocycles. The molecule has 1 aliphatic rings. The quantitative estimate of drug-likeness (QED) is 0.282. The number of carbonyl (C=O) groups excluding carboxylic acids is 3. The van der Waals surface area contributed by atoms with Crippen molar-refractivity contribution in [3.8, 4) is 11.5 Å². The Hall–Kier alpha value is -3.38. The lowest BCUT2D eigenvalue weighted by Crippen LogP contribution is -2.65. The normalized spacial score (nSPS) is 27.3. The molecule has 3 amide bonds. The van der Waals surface area contributed by atoms with Crippen molar-refractivity contribution in [2.75, 3.05) is 13.6 Å². The molecule has 0 unspecified atom stereocenters. The van der Waals surface area contributed by atoms with E-state index in [1.54, 1.807) is 27.7 Å². The van der Waals surface area contributed by atoms with Gasteiger partial charge in [-0.2, -0.15) is 0 Å². The first-order valence-corrected chi connectivity index (χ1v) is 11.6. The zero-order valence-electron chi connectivity index (χ0n) is 21.3. The van der Waals surface area contributed by atoms with Crippen LogP contribution in [-0.2, 0) is 19.2 Å². The summed E-state index contributed by atoms with van der Waals surface area (Å²) in [4.78, 5) is 50.8. The number of aromatic hydroxyl groups is 1. The highest BCUT2D eigenvalue weighted by atomic mass is 16.5. The van der Waals surface area contributed by atoms with Crippen LogP contribution in [0.4, 0.5) is 0 Å². The van der Waals surface area contributed by atoms with Crippen molar-refractivity contribution in [1.82, 2.24) is 21.3 Å². The van der Waals surface area contributed by atoms with Gasteiger partial charge in [-0.05, 0) is 43.5 Å². The number of nitrogens with one attached hydrogen (secondary N) is 4. The van der Waals surface area contributed by atoms with E-state index in [0.29, 0.717) is 0 Å². The van der Waals surface area contributed by atoms with Crippen molar-refractivity contribution in [2.24, 2.45) is 5.41 Å². The number of amides is 3. The van der Waals surface area contributed by atoms with E-state index in [-0.39, 0.29) is 23.5 Å². The zero-order chi connectivity index (χ0) is 27.4. The van der Waals surface area contributed by atoms with E-state index < -0.39 is 65.5 Å². The van der Waals surface area contributed by atoms with Crippen LogP contribution in [0.3, 0.4) is 0 Å². The lowest BCUT2D eigenvalue weighted by molar-refractivity contribution is -0.141. The SMILES string of the molecule is CC[C@@]1(C)Oc2cc(ccc2O)[C@@H](O)[C@@H](NC)C(=O)N[C@@H](C(C)(C)C)C(=O)N[C@H]1C(=O)NCC(=O)O. The molecule has 5 atom stereocenters. The second-order valence-electron chi connectivity index (χ2n) is 10.1. The fourth-order valence-corrected chi connectivity index (χ4v) is 3.90. The summed E-state index contributed by atoms with van der Waals surface area (Å²) in [5, 5.41) is 40.7. The molecule has 0 aromatic heterocycles. The van der Waals surface area contributed by atoms with Crippen molar-refractivity contribution in [2.45, 2.75) is 70.9 Å². The van der Waals surface area contributed by atoms with Crippen LogP contribution >= 0.6 is 0 Å². The number of aliphatic carboxylic acids is 1. The highest BCUT2D eigenvalue weighted by molar-refractivity contribution is 5.95. The predicted molar refractivity (Wildman–Crippen MR) is 129 cm³/mol. The van der Waals surface area contributed by atoms with E-state index in [4.69, 9.17) is 9.84 Å². The molecule has 200 valence electrons. The van der Waals surface area contributed by atoms with Gasteiger partial charge in [-0.15, -0.1) is 0 Å². The van der Waals surface area contributed by atoms with Crippen LogP contribution in [0, 0.1) is 5.41 Å². The maximum absolute atomic E-state index is 13.5. The summed E-state index contributed by atoms with van der Waals surface area (Å²) in [5.41, 5.74) is -2.04. The summed E-state index contributed by atoms with van der Waals surface area (Å²) in [5.74, 6) is -3.88. The third kappa shape index (κ3) is 6.43. The van der Waals surface area contributed by atoms with Gasteiger partial charge in [0.05, 0.1) is 0 Å². The number of fused-ring (bicyclic) bond motifs is 2. The third-order valence-corrected chi connectivity index (χ3v) is 6.27. The lowest BCUT2D eigenvalue weighted by Gasteiger charge is -2.39. The van der Waals surface area contributed by atoms with E-state index in [2.05, 4.69) is 21.3 Å². The molecule has 12 nitrogen and oxygen atoms in total. The zero-order valence-corrected chi connectivity index (χ0v) is 21.3. The molecule has 7 N–H and O–H groups in total. The first-order valence-electron chi connectivity index (χ1n) is 11.6. The van der Waals surface area contributed by atoms with E-state index >= 15 is 0 Å². The Balaban J connectivity index is 2.71. The average Bonchev–Trinajstić information content (AvgIpc) is 2.79. The average molecular weight is 509 g/mol. The van der Waals surface area contributed by atoms with Crippen LogP contribution in [0.1, 0.15) is 52.7 Å². The van der Waals surface area contributed by atoms with E-state index in [1.807, 2.05) is 0 Å². The number of phenolic OH excluding ortho intramolecular Hbond substituents is 1. The second kappa shape index (κ2) is 11.1. The molecule has 0 spiro atoms. The first kappa shape index (κ1) is 28.9. The number of carboxylic acids is 1. The number of carboxylic acid groups (broad SMARTS) is 1. The Bertz CT molecular complexity index is 1010. The van der Waals surface area contributed by atoms with Crippen LogP contribution in [0.2, 0.25) is 0 Å². The summed E-state index contributed by atoms with van der Waals surface area (Å²) >= 11 is 0. The van der Waals surface area contributed by atoms with Crippen molar-refractivity contribution >= 4 is 23.7 Å². The molecular formula is C24H36N4O8. The van der Waals surface area contributed by atoms with Crippen LogP contribution in [0.25, 0.3) is 0 Å². The van der Waals surface area contributed by atoms with Gasteiger partial charge in [0.1, 0.15) is 36.4 Å². The minimum Gasteiger partial charge on any atom is -0.504 e. The van der Waals surface area contributed by atoms with E-state index in [9.17, 15) is 29.4 Å². The Kier molecular flexibility index (Phi) is 8.92. The van der Waals surface area contributed by atoms with Crippen LogP contribution in [0.15, 0.2) is 18.2 Å². The van der Waals surface area contributed by atoms with Gasteiger partial charge in [0.2, 0.25) is 17.7 Å². The number of likely N-dealkylation sites (N-methyl/N-ethyl adjacent to an activating group) is 1. The monoisotopic (exact) mass is 508 g/mol. The van der Waals surface area contributed by atoms with Crippen molar-refractivity contribution in [3.05, 3.63) is 23.8 Å². The third-order valence-electron chi connectivity index (χ3n) is 6.27. The Morgan fingerprint density at radius 1 is 1.17 bits per heavy atom. The summed E-state index contributed by atoms with van der Waals surface area (Å²) in [7, 11) is 1.48. The van der Waals surface area contributed by atoms with Crippen LogP contribution < -0.4 is 26.0 Å². The lowest BCUT2D eigenvalue weighted by atomic mass is 9.84. The molecule has 0 saturated carbocycles. The van der Waals surface area contributed by atoms with Crippen molar-refractivity contribution in [3.63, 3.8) is 0 Å². The number of carbonyl (C=O) groups is 4. The van der Waals surface area contributed by atoms with Gasteiger partial charge in [-0.1, -0.05) is 33.8 Å². The Labute approximate surface area is 209 Å². The number of ether oxygens (including phenoxy) is 1. The van der Waals surface area contributed by atoms with Gasteiger partial charge in [-0.25, -0.2) is 0 Å². The highest BCUT2D eigenvalue weighted by Gasteiger charge is 2.45. The van der Waals surface area contributed by atoms with Gasteiger partial charge in [0.25, 0.3) is 0 Å². The van der Waals surface area contributed by atoms with E-state index in [0.717, 1.165) is 0 Å². The van der Waals surface area contributed by atoms with E-state index in [1.165, 1.54) is 32.2 Å². The minimum absolute atomic E-state index is 0.0944. The van der Waals surface area contributed by atoms with Crippen LogP contribution in [-0.4, -0.2) is 76.3 Å². The van der Waals surface area contributed by atoms with Gasteiger partial charge >= 0.3 is 5.97 Å². The minimum atomic E-state index is -1.47. The maximum atomic E-state index is 13.5. The summed E-state index contributed by atoms with van der Waals surface area (Å²) < 4.78 is 6.08. The molecular weight excluding hydrogens is 472 g/mol. The first-order chi connectivity index (χ1) is 16.6. The van der Waals surface area contributed by atoms with Crippen LogP contribution in [0.5, 0.6) is 11.5 Å². The number of hydrogen-bond donors (Lipinski definition) is 7. The topological polar surface area (TPSA) is 186 Å².